The summed E-state index contributed by atoms with van der Waals surface area (Å²) in [4.78, 5) is 23.8. The standard InChI is InChI=1S/C21H26O4/c1-5-25-21(23)19-13-16(9-6-14(2)3)17-10-7-15(8-11-18(17)19)12-20(22)24-4/h7-8,10-11,13-14H,5-6,9,12H2,1-4H3. The van der Waals surface area contributed by atoms with Gasteiger partial charge in [0.05, 0.1) is 25.7 Å². The van der Waals surface area contributed by atoms with Gasteiger partial charge in [0.2, 0.25) is 0 Å². The summed E-state index contributed by atoms with van der Waals surface area (Å²) in [5, 5.41) is 0. The smallest absolute Gasteiger partial charge is 0.338 e. The van der Waals surface area contributed by atoms with E-state index in [1.54, 1.807) is 6.92 Å². The second-order valence-electron chi connectivity index (χ2n) is 6.56. The molecule has 0 atom stereocenters. The molecular formula is C21H26O4. The summed E-state index contributed by atoms with van der Waals surface area (Å²) in [5.74, 6) is 0.00360. The first-order valence-corrected chi connectivity index (χ1v) is 8.74. The Hall–Kier alpha value is -2.36. The van der Waals surface area contributed by atoms with Crippen molar-refractivity contribution in [2.24, 2.45) is 5.92 Å². The molecule has 0 unspecified atom stereocenters. The molecule has 4 heteroatoms. The van der Waals surface area contributed by atoms with Crippen LogP contribution in [0.1, 0.15) is 48.7 Å². The number of aryl methyl sites for hydroxylation is 1. The monoisotopic (exact) mass is 342 g/mol. The van der Waals surface area contributed by atoms with Crippen LogP contribution in [-0.2, 0) is 27.1 Å². The Balaban J connectivity index is 2.45. The number of rotatable bonds is 7. The molecular weight excluding hydrogens is 316 g/mol. The van der Waals surface area contributed by atoms with Gasteiger partial charge < -0.3 is 9.47 Å². The minimum absolute atomic E-state index is 0.212. The largest absolute Gasteiger partial charge is 0.469 e. The van der Waals surface area contributed by atoms with E-state index in [1.807, 2.05) is 30.3 Å². The van der Waals surface area contributed by atoms with Crippen LogP contribution in [0, 0.1) is 5.92 Å². The SMILES string of the molecule is CCOC(=O)c1cc(CCC(C)C)c2ccc(CC(=O)OC)ccc1-2. The molecule has 2 aliphatic rings. The van der Waals surface area contributed by atoms with Crippen LogP contribution in [0.25, 0.3) is 11.1 Å². The average Bonchev–Trinajstić information content (AvgIpc) is 2.80. The molecule has 0 aromatic rings. The third kappa shape index (κ3) is 4.81. The molecule has 0 fully saturated rings. The zero-order chi connectivity index (χ0) is 18.4. The van der Waals surface area contributed by atoms with Crippen LogP contribution >= 0.6 is 0 Å². The van der Waals surface area contributed by atoms with Crippen LogP contribution in [-0.4, -0.2) is 25.7 Å². The van der Waals surface area contributed by atoms with Gasteiger partial charge in [-0.15, -0.1) is 0 Å². The Morgan fingerprint density at radius 3 is 2.36 bits per heavy atom. The van der Waals surface area contributed by atoms with E-state index in [0.29, 0.717) is 18.1 Å². The summed E-state index contributed by atoms with van der Waals surface area (Å²) >= 11 is 0. The van der Waals surface area contributed by atoms with Gasteiger partial charge in [0.25, 0.3) is 0 Å². The Bertz CT molecular complexity index is 718. The third-order valence-electron chi connectivity index (χ3n) is 4.24. The van der Waals surface area contributed by atoms with Gasteiger partial charge in [0, 0.05) is 0 Å². The van der Waals surface area contributed by atoms with Crippen molar-refractivity contribution in [2.45, 2.75) is 40.0 Å². The summed E-state index contributed by atoms with van der Waals surface area (Å²) in [6.45, 7) is 6.52. The van der Waals surface area contributed by atoms with Crippen molar-refractivity contribution in [3.05, 3.63) is 47.0 Å². The first kappa shape index (κ1) is 19.0. The molecule has 4 nitrogen and oxygen atoms in total. The first-order chi connectivity index (χ1) is 12.0. The van der Waals surface area contributed by atoms with E-state index in [-0.39, 0.29) is 18.4 Å². The molecule has 0 aromatic heterocycles. The highest BCUT2D eigenvalue weighted by Gasteiger charge is 2.21. The fraction of sp³-hybridized carbons (Fsp3) is 0.429. The quantitative estimate of drug-likeness (QED) is 0.705. The van der Waals surface area contributed by atoms with E-state index in [4.69, 9.17) is 9.47 Å². The van der Waals surface area contributed by atoms with Gasteiger partial charge in [-0.3, -0.25) is 4.79 Å². The molecule has 0 saturated carbocycles. The van der Waals surface area contributed by atoms with Crippen molar-refractivity contribution in [3.8, 4) is 11.1 Å². The number of fused-ring (bicyclic) bond motifs is 1. The highest BCUT2D eigenvalue weighted by molar-refractivity contribution is 6.00. The van der Waals surface area contributed by atoms with E-state index in [2.05, 4.69) is 13.8 Å². The molecule has 2 aliphatic carbocycles. The number of carbonyl (C=O) groups is 2. The molecule has 25 heavy (non-hydrogen) atoms. The van der Waals surface area contributed by atoms with Gasteiger partial charge in [-0.05, 0) is 54.0 Å². The molecule has 134 valence electrons. The molecule has 2 rings (SSSR count). The maximum absolute atomic E-state index is 12.3. The van der Waals surface area contributed by atoms with Crippen LogP contribution in [0.3, 0.4) is 0 Å². The topological polar surface area (TPSA) is 52.6 Å². The lowest BCUT2D eigenvalue weighted by molar-refractivity contribution is -0.139. The Morgan fingerprint density at radius 1 is 1.08 bits per heavy atom. The van der Waals surface area contributed by atoms with Gasteiger partial charge in [0.1, 0.15) is 0 Å². The second kappa shape index (κ2) is 8.65. The van der Waals surface area contributed by atoms with Crippen LogP contribution in [0.5, 0.6) is 0 Å². The van der Waals surface area contributed by atoms with E-state index in [1.165, 1.54) is 7.11 Å². The summed E-state index contributed by atoms with van der Waals surface area (Å²) in [5.41, 5.74) is 4.50. The summed E-state index contributed by atoms with van der Waals surface area (Å²) in [6.07, 6.45) is 2.17. The van der Waals surface area contributed by atoms with Crippen molar-refractivity contribution in [1.82, 2.24) is 0 Å². The average molecular weight is 342 g/mol. The normalized spacial score (nSPS) is 10.9. The number of hydrogen-bond acceptors (Lipinski definition) is 4. The fourth-order valence-corrected chi connectivity index (χ4v) is 2.85. The fourth-order valence-electron chi connectivity index (χ4n) is 2.85. The van der Waals surface area contributed by atoms with Crippen LogP contribution in [0.2, 0.25) is 0 Å². The summed E-state index contributed by atoms with van der Waals surface area (Å²) in [6, 6.07) is 9.64. The van der Waals surface area contributed by atoms with Crippen molar-refractivity contribution < 1.29 is 19.1 Å². The van der Waals surface area contributed by atoms with Crippen LogP contribution < -0.4 is 0 Å². The molecule has 0 spiro atoms. The van der Waals surface area contributed by atoms with E-state index >= 15 is 0 Å². The molecule has 0 saturated heterocycles. The Kier molecular flexibility index (Phi) is 6.57. The molecule has 0 bridgehead atoms. The van der Waals surface area contributed by atoms with Crippen LogP contribution in [0.15, 0.2) is 30.3 Å². The van der Waals surface area contributed by atoms with Crippen molar-refractivity contribution in [3.63, 3.8) is 0 Å². The number of ether oxygens (including phenoxy) is 2. The second-order valence-corrected chi connectivity index (χ2v) is 6.56. The third-order valence-corrected chi connectivity index (χ3v) is 4.24. The molecule has 0 radical (unpaired) electrons. The van der Waals surface area contributed by atoms with Gasteiger partial charge in [-0.2, -0.15) is 0 Å². The lowest BCUT2D eigenvalue weighted by Gasteiger charge is -2.04. The van der Waals surface area contributed by atoms with E-state index < -0.39 is 0 Å². The Labute approximate surface area is 149 Å². The van der Waals surface area contributed by atoms with Gasteiger partial charge >= 0.3 is 11.9 Å². The van der Waals surface area contributed by atoms with E-state index in [9.17, 15) is 9.59 Å². The zero-order valence-electron chi connectivity index (χ0n) is 15.4. The number of hydrogen-bond donors (Lipinski definition) is 0. The lowest BCUT2D eigenvalue weighted by atomic mass is 10.0. The van der Waals surface area contributed by atoms with E-state index in [0.717, 1.165) is 35.1 Å². The van der Waals surface area contributed by atoms with Gasteiger partial charge in [-0.25, -0.2) is 4.79 Å². The van der Waals surface area contributed by atoms with Crippen molar-refractivity contribution >= 4 is 11.9 Å². The Morgan fingerprint density at radius 2 is 1.76 bits per heavy atom. The summed E-state index contributed by atoms with van der Waals surface area (Å²) in [7, 11) is 1.38. The number of carbonyl (C=O) groups excluding carboxylic acids is 2. The lowest BCUT2D eigenvalue weighted by Crippen LogP contribution is -2.04. The predicted octanol–water partition coefficient (Wildman–Crippen LogP) is 4.27. The maximum Gasteiger partial charge on any atom is 0.338 e. The molecule has 0 N–H and O–H groups in total. The molecule has 0 aliphatic heterocycles. The molecule has 0 heterocycles. The van der Waals surface area contributed by atoms with Gasteiger partial charge in [0.15, 0.2) is 0 Å². The number of methoxy groups -OCH3 is 1. The molecule has 0 amide bonds. The zero-order valence-corrected chi connectivity index (χ0v) is 15.4. The van der Waals surface area contributed by atoms with Crippen molar-refractivity contribution in [2.75, 3.05) is 13.7 Å². The highest BCUT2D eigenvalue weighted by atomic mass is 16.5. The van der Waals surface area contributed by atoms with Crippen molar-refractivity contribution in [1.29, 1.82) is 0 Å². The van der Waals surface area contributed by atoms with Gasteiger partial charge in [-0.1, -0.05) is 38.1 Å². The first-order valence-electron chi connectivity index (χ1n) is 8.74. The van der Waals surface area contributed by atoms with Crippen LogP contribution in [0.4, 0.5) is 0 Å². The predicted molar refractivity (Wildman–Crippen MR) is 97.9 cm³/mol. The minimum Gasteiger partial charge on any atom is -0.469 e. The highest BCUT2D eigenvalue weighted by Crippen LogP contribution is 2.34. The maximum atomic E-state index is 12.3. The number of esters is 2. The minimum atomic E-state index is -0.302. The summed E-state index contributed by atoms with van der Waals surface area (Å²) < 4.78 is 9.94. The molecule has 0 aromatic carbocycles.